The molecule has 0 aliphatic carbocycles. The van der Waals surface area contributed by atoms with E-state index < -0.39 is 6.10 Å². The molecule has 5 heteroatoms. The van der Waals surface area contributed by atoms with Crippen molar-refractivity contribution in [2.75, 3.05) is 19.7 Å². The van der Waals surface area contributed by atoms with Gasteiger partial charge in [-0.3, -0.25) is 4.79 Å². The van der Waals surface area contributed by atoms with Crippen LogP contribution in [0.1, 0.15) is 20.3 Å². The van der Waals surface area contributed by atoms with Crippen LogP contribution in [0.15, 0.2) is 0 Å². The first kappa shape index (κ1) is 13.4. The smallest absolute Gasteiger partial charge is 0.236 e. The lowest BCUT2D eigenvalue weighted by Gasteiger charge is -2.15. The molecule has 2 unspecified atom stereocenters. The summed E-state index contributed by atoms with van der Waals surface area (Å²) in [5.41, 5.74) is 0. The highest BCUT2D eigenvalue weighted by Gasteiger charge is 2.12. The van der Waals surface area contributed by atoms with Gasteiger partial charge in [0.1, 0.15) is 0 Å². The van der Waals surface area contributed by atoms with Gasteiger partial charge in [0.15, 0.2) is 0 Å². The highest BCUT2D eigenvalue weighted by atomic mass is 16.3. The third-order valence-electron chi connectivity index (χ3n) is 1.81. The zero-order valence-electron chi connectivity index (χ0n) is 8.79. The molecule has 0 radical (unpaired) electrons. The molecule has 0 aliphatic heterocycles. The van der Waals surface area contributed by atoms with Gasteiger partial charge in [-0.25, -0.2) is 0 Å². The van der Waals surface area contributed by atoms with Gasteiger partial charge >= 0.3 is 0 Å². The summed E-state index contributed by atoms with van der Waals surface area (Å²) in [5, 5.41) is 23.1. The molecular formula is C9H20N2O3. The Bertz CT molecular complexity index is 164. The number of nitrogens with one attached hydrogen (secondary N) is 2. The molecule has 0 saturated heterocycles. The summed E-state index contributed by atoms with van der Waals surface area (Å²) in [6.45, 7) is 4.28. The molecule has 4 N–H and O–H groups in total. The van der Waals surface area contributed by atoms with Crippen molar-refractivity contribution >= 4 is 5.91 Å². The molecule has 5 nitrogen and oxygen atoms in total. The third kappa shape index (κ3) is 5.90. The summed E-state index contributed by atoms with van der Waals surface area (Å²) >= 11 is 0. The summed E-state index contributed by atoms with van der Waals surface area (Å²) in [6, 6.07) is -0.345. The highest BCUT2D eigenvalue weighted by molar-refractivity contribution is 5.81. The van der Waals surface area contributed by atoms with Crippen molar-refractivity contribution in [3.8, 4) is 0 Å². The van der Waals surface area contributed by atoms with Crippen molar-refractivity contribution < 1.29 is 15.0 Å². The number of rotatable bonds is 7. The lowest BCUT2D eigenvalue weighted by Crippen LogP contribution is -2.45. The standard InChI is InChI=1S/C9H20N2O3/c1-3-4-10-9(14)7(2)11-5-8(13)6-12/h7-8,11-13H,3-6H2,1-2H3,(H,10,14). The molecule has 0 aliphatic rings. The van der Waals surface area contributed by atoms with Crippen molar-refractivity contribution in [2.45, 2.75) is 32.4 Å². The van der Waals surface area contributed by atoms with Crippen LogP contribution in [0.5, 0.6) is 0 Å². The van der Waals surface area contributed by atoms with E-state index in [1.807, 2.05) is 6.92 Å². The SMILES string of the molecule is CCCNC(=O)C(C)NCC(O)CO. The second-order valence-electron chi connectivity index (χ2n) is 3.26. The van der Waals surface area contributed by atoms with Crippen LogP contribution in [0.4, 0.5) is 0 Å². The van der Waals surface area contributed by atoms with Crippen molar-refractivity contribution in [3.63, 3.8) is 0 Å². The average Bonchev–Trinajstić information content (AvgIpc) is 2.21. The van der Waals surface area contributed by atoms with Gasteiger partial charge < -0.3 is 20.8 Å². The fourth-order valence-corrected chi connectivity index (χ4v) is 0.871. The zero-order valence-corrected chi connectivity index (χ0v) is 8.79. The molecule has 0 spiro atoms. The Morgan fingerprint density at radius 1 is 1.50 bits per heavy atom. The largest absolute Gasteiger partial charge is 0.394 e. The number of aliphatic hydroxyl groups is 2. The normalized spacial score (nSPS) is 14.9. The Balaban J connectivity index is 3.61. The van der Waals surface area contributed by atoms with Gasteiger partial charge in [0, 0.05) is 13.1 Å². The van der Waals surface area contributed by atoms with Gasteiger partial charge in [-0.1, -0.05) is 6.92 Å². The number of hydrogen-bond acceptors (Lipinski definition) is 4. The Morgan fingerprint density at radius 2 is 2.14 bits per heavy atom. The van der Waals surface area contributed by atoms with E-state index in [2.05, 4.69) is 10.6 Å². The van der Waals surface area contributed by atoms with Crippen LogP contribution in [0, 0.1) is 0 Å². The fraction of sp³-hybridized carbons (Fsp3) is 0.889. The predicted molar refractivity (Wildman–Crippen MR) is 53.9 cm³/mol. The van der Waals surface area contributed by atoms with E-state index in [4.69, 9.17) is 10.2 Å². The first-order valence-corrected chi connectivity index (χ1v) is 4.91. The first-order chi connectivity index (χ1) is 6.61. The van der Waals surface area contributed by atoms with Crippen LogP contribution in [-0.4, -0.2) is 48.0 Å². The third-order valence-corrected chi connectivity index (χ3v) is 1.81. The van der Waals surface area contributed by atoms with Crippen molar-refractivity contribution in [1.29, 1.82) is 0 Å². The molecule has 1 amide bonds. The molecule has 0 saturated carbocycles. The van der Waals surface area contributed by atoms with E-state index in [1.165, 1.54) is 0 Å². The lowest BCUT2D eigenvalue weighted by molar-refractivity contribution is -0.122. The van der Waals surface area contributed by atoms with Crippen molar-refractivity contribution in [1.82, 2.24) is 10.6 Å². The Hall–Kier alpha value is -0.650. The molecule has 0 aromatic carbocycles. The fourth-order valence-electron chi connectivity index (χ4n) is 0.871. The van der Waals surface area contributed by atoms with E-state index in [1.54, 1.807) is 6.92 Å². The predicted octanol–water partition coefficient (Wildman–Crippen LogP) is -1.16. The summed E-state index contributed by atoms with van der Waals surface area (Å²) in [7, 11) is 0. The second-order valence-corrected chi connectivity index (χ2v) is 3.26. The maximum absolute atomic E-state index is 11.3. The second kappa shape index (κ2) is 7.73. The van der Waals surface area contributed by atoms with Crippen LogP contribution < -0.4 is 10.6 Å². The Kier molecular flexibility index (Phi) is 7.37. The minimum atomic E-state index is -0.809. The van der Waals surface area contributed by atoms with E-state index in [0.29, 0.717) is 6.54 Å². The number of carbonyl (C=O) groups excluding carboxylic acids is 1. The van der Waals surface area contributed by atoms with E-state index in [0.717, 1.165) is 6.42 Å². The molecule has 0 heterocycles. The molecule has 0 rings (SSSR count). The minimum absolute atomic E-state index is 0.0861. The minimum Gasteiger partial charge on any atom is -0.394 e. The van der Waals surface area contributed by atoms with E-state index in [9.17, 15) is 4.79 Å². The average molecular weight is 204 g/mol. The van der Waals surface area contributed by atoms with Gasteiger partial charge in [0.25, 0.3) is 0 Å². The molecule has 84 valence electrons. The number of amides is 1. The molecule has 0 bridgehead atoms. The highest BCUT2D eigenvalue weighted by Crippen LogP contribution is 1.85. The number of aliphatic hydroxyl groups excluding tert-OH is 2. The molecule has 0 aromatic heterocycles. The van der Waals surface area contributed by atoms with Gasteiger partial charge in [-0.15, -0.1) is 0 Å². The summed E-state index contributed by atoms with van der Waals surface area (Å²) in [6.07, 6.45) is 0.0917. The molecular weight excluding hydrogens is 184 g/mol. The van der Waals surface area contributed by atoms with Crippen LogP contribution in [-0.2, 0) is 4.79 Å². The van der Waals surface area contributed by atoms with Gasteiger partial charge in [-0.2, -0.15) is 0 Å². The Labute approximate surface area is 84.5 Å². The van der Waals surface area contributed by atoms with Gasteiger partial charge in [0.05, 0.1) is 18.8 Å². The van der Waals surface area contributed by atoms with Crippen LogP contribution >= 0.6 is 0 Å². The maximum atomic E-state index is 11.3. The maximum Gasteiger partial charge on any atom is 0.236 e. The molecule has 0 aromatic rings. The van der Waals surface area contributed by atoms with Crippen LogP contribution in [0.2, 0.25) is 0 Å². The van der Waals surface area contributed by atoms with Crippen LogP contribution in [0.25, 0.3) is 0 Å². The van der Waals surface area contributed by atoms with Crippen LogP contribution in [0.3, 0.4) is 0 Å². The number of hydrogen-bond donors (Lipinski definition) is 4. The van der Waals surface area contributed by atoms with Gasteiger partial charge in [-0.05, 0) is 13.3 Å². The number of carbonyl (C=O) groups is 1. The monoisotopic (exact) mass is 204 g/mol. The summed E-state index contributed by atoms with van der Waals surface area (Å²) in [4.78, 5) is 11.3. The lowest BCUT2D eigenvalue weighted by atomic mass is 10.3. The summed E-state index contributed by atoms with van der Waals surface area (Å²) < 4.78 is 0. The van der Waals surface area contributed by atoms with Gasteiger partial charge in [0.2, 0.25) is 5.91 Å². The topological polar surface area (TPSA) is 81.6 Å². The van der Waals surface area contributed by atoms with E-state index in [-0.39, 0.29) is 25.1 Å². The zero-order chi connectivity index (χ0) is 11.0. The van der Waals surface area contributed by atoms with E-state index >= 15 is 0 Å². The van der Waals surface area contributed by atoms with Crippen molar-refractivity contribution in [2.24, 2.45) is 0 Å². The molecule has 14 heavy (non-hydrogen) atoms. The first-order valence-electron chi connectivity index (χ1n) is 4.91. The Morgan fingerprint density at radius 3 is 2.64 bits per heavy atom. The summed E-state index contributed by atoms with van der Waals surface area (Å²) in [5.74, 6) is -0.0861. The van der Waals surface area contributed by atoms with Crippen molar-refractivity contribution in [3.05, 3.63) is 0 Å². The quantitative estimate of drug-likeness (QED) is 0.422. The molecule has 0 fully saturated rings. The molecule has 2 atom stereocenters.